The van der Waals surface area contributed by atoms with E-state index >= 15 is 0 Å². The molecule has 0 saturated heterocycles. The summed E-state index contributed by atoms with van der Waals surface area (Å²) >= 11 is 2.62. The summed E-state index contributed by atoms with van der Waals surface area (Å²) in [5.41, 5.74) is 1.94. The lowest BCUT2D eigenvalue weighted by atomic mass is 10.1. The van der Waals surface area contributed by atoms with Crippen LogP contribution in [0.3, 0.4) is 0 Å². The minimum atomic E-state index is -0.482. The smallest absolute Gasteiger partial charge is 0.276 e. The molecule has 0 spiro atoms. The molecule has 32 heavy (non-hydrogen) atoms. The molecule has 164 valence electrons. The molecule has 4 aromatic rings. The number of thioether (sulfide) groups is 1. The number of halogens is 1. The van der Waals surface area contributed by atoms with Crippen LogP contribution in [0.15, 0.2) is 63.6 Å². The van der Waals surface area contributed by atoms with Crippen LogP contribution in [0.4, 0.5) is 15.2 Å². The van der Waals surface area contributed by atoms with Gasteiger partial charge in [-0.2, -0.15) is 0 Å². The van der Waals surface area contributed by atoms with Crippen LogP contribution in [-0.4, -0.2) is 28.2 Å². The minimum Gasteiger partial charge on any atom is -0.497 e. The van der Waals surface area contributed by atoms with Crippen LogP contribution < -0.4 is 9.64 Å². The average Bonchev–Trinajstić information content (AvgIpc) is 3.44. The van der Waals surface area contributed by atoms with Crippen molar-refractivity contribution in [2.24, 2.45) is 0 Å². The lowest BCUT2D eigenvalue weighted by Crippen LogP contribution is -2.23. The lowest BCUT2D eigenvalue weighted by Gasteiger charge is -2.18. The Bertz CT molecular complexity index is 1210. The fourth-order valence-electron chi connectivity index (χ4n) is 2.93. The van der Waals surface area contributed by atoms with Gasteiger partial charge >= 0.3 is 0 Å². The minimum absolute atomic E-state index is 0.175. The molecule has 4 rings (SSSR count). The Hall–Kier alpha value is -3.24. The molecular formula is C22H19FN4O3S2. The number of nitrogens with zero attached hydrogens (tertiary/aromatic N) is 4. The maximum atomic E-state index is 14.2. The molecule has 0 aliphatic heterocycles. The summed E-state index contributed by atoms with van der Waals surface area (Å²) in [5.74, 6) is 0.979. The second kappa shape index (κ2) is 9.92. The van der Waals surface area contributed by atoms with Gasteiger partial charge in [-0.05, 0) is 29.8 Å². The van der Waals surface area contributed by atoms with Crippen LogP contribution in [0.25, 0.3) is 0 Å². The number of para-hydroxylation sites is 1. The fraction of sp³-hybridized carbons (Fsp3) is 0.182. The molecule has 0 saturated carbocycles. The zero-order chi connectivity index (χ0) is 22.5. The molecule has 2 aromatic carbocycles. The molecule has 0 fully saturated rings. The molecule has 1 amide bonds. The van der Waals surface area contributed by atoms with Crippen molar-refractivity contribution in [2.75, 3.05) is 12.0 Å². The van der Waals surface area contributed by atoms with Crippen molar-refractivity contribution < 1.29 is 18.3 Å². The average molecular weight is 471 g/mol. The summed E-state index contributed by atoms with van der Waals surface area (Å²) in [4.78, 5) is 17.9. The van der Waals surface area contributed by atoms with Crippen molar-refractivity contribution in [1.29, 1.82) is 0 Å². The summed E-state index contributed by atoms with van der Waals surface area (Å²) < 4.78 is 25.1. The SMILES string of the molecule is COc1ccc(Cc2nnc(SCc3csc(N(C(C)=O)c4ccccc4F)n3)o2)cc1. The quantitative estimate of drug-likeness (QED) is 0.326. The van der Waals surface area contributed by atoms with Gasteiger partial charge < -0.3 is 9.15 Å². The Morgan fingerprint density at radius 2 is 1.97 bits per heavy atom. The first-order valence-electron chi connectivity index (χ1n) is 9.61. The van der Waals surface area contributed by atoms with Gasteiger partial charge in [0.25, 0.3) is 5.22 Å². The van der Waals surface area contributed by atoms with E-state index < -0.39 is 5.82 Å². The van der Waals surface area contributed by atoms with Gasteiger partial charge in [0.15, 0.2) is 5.13 Å². The number of rotatable bonds is 8. The standard InChI is InChI=1S/C22H19FN4O3S2/c1-14(28)27(19-6-4-3-5-18(19)23)21-24-16(12-31-21)13-32-22-26-25-20(30-22)11-15-7-9-17(29-2)10-8-15/h3-10,12H,11,13H2,1-2H3. The van der Waals surface area contributed by atoms with Crippen molar-refractivity contribution in [2.45, 2.75) is 24.3 Å². The molecule has 2 heterocycles. The number of carbonyl (C=O) groups excluding carboxylic acids is 1. The number of benzene rings is 2. The highest BCUT2D eigenvalue weighted by Gasteiger charge is 2.21. The predicted molar refractivity (Wildman–Crippen MR) is 121 cm³/mol. The highest BCUT2D eigenvalue weighted by atomic mass is 32.2. The molecule has 2 aromatic heterocycles. The Kier molecular flexibility index (Phi) is 6.81. The highest BCUT2D eigenvalue weighted by Crippen LogP contribution is 2.32. The molecule has 0 bridgehead atoms. The van der Waals surface area contributed by atoms with E-state index in [9.17, 15) is 9.18 Å². The zero-order valence-electron chi connectivity index (χ0n) is 17.3. The number of amides is 1. The maximum Gasteiger partial charge on any atom is 0.276 e. The summed E-state index contributed by atoms with van der Waals surface area (Å²) in [6.45, 7) is 1.38. The first kappa shape index (κ1) is 22.0. The monoisotopic (exact) mass is 470 g/mol. The third-order valence-electron chi connectivity index (χ3n) is 4.45. The van der Waals surface area contributed by atoms with Crippen LogP contribution in [-0.2, 0) is 17.0 Å². The van der Waals surface area contributed by atoms with Crippen molar-refractivity contribution in [3.05, 3.63) is 76.9 Å². The molecule has 0 unspecified atom stereocenters. The molecule has 0 atom stereocenters. The molecule has 7 nitrogen and oxygen atoms in total. The van der Waals surface area contributed by atoms with E-state index in [0.717, 1.165) is 17.0 Å². The molecule has 0 aliphatic carbocycles. The Labute approximate surface area is 192 Å². The van der Waals surface area contributed by atoms with Gasteiger partial charge in [-0.15, -0.1) is 21.5 Å². The number of hydrogen-bond donors (Lipinski definition) is 0. The molecule has 0 radical (unpaired) electrons. The predicted octanol–water partition coefficient (Wildman–Crippen LogP) is 5.24. The first-order chi connectivity index (χ1) is 15.5. The van der Waals surface area contributed by atoms with Gasteiger partial charge in [0, 0.05) is 18.1 Å². The molecule has 10 heteroatoms. The largest absolute Gasteiger partial charge is 0.497 e. The number of ether oxygens (including phenoxy) is 1. The fourth-order valence-corrected chi connectivity index (χ4v) is 4.59. The van der Waals surface area contributed by atoms with Crippen molar-refractivity contribution in [1.82, 2.24) is 15.2 Å². The second-order valence-electron chi connectivity index (χ2n) is 6.70. The van der Waals surface area contributed by atoms with Gasteiger partial charge in [0.2, 0.25) is 11.8 Å². The van der Waals surface area contributed by atoms with Crippen molar-refractivity contribution in [3.63, 3.8) is 0 Å². The summed E-state index contributed by atoms with van der Waals surface area (Å²) in [6, 6.07) is 13.8. The van der Waals surface area contributed by atoms with Gasteiger partial charge in [0.1, 0.15) is 11.6 Å². The number of carbonyl (C=O) groups is 1. The number of thiazole rings is 1. The summed E-state index contributed by atoms with van der Waals surface area (Å²) in [6.07, 6.45) is 0.522. The van der Waals surface area contributed by atoms with Gasteiger partial charge in [0.05, 0.1) is 24.9 Å². The van der Waals surface area contributed by atoms with Gasteiger partial charge in [-0.3, -0.25) is 9.69 Å². The molecule has 0 aliphatic rings. The normalized spacial score (nSPS) is 10.8. The Morgan fingerprint density at radius 3 is 2.69 bits per heavy atom. The third kappa shape index (κ3) is 5.14. The Morgan fingerprint density at radius 1 is 1.19 bits per heavy atom. The van der Waals surface area contributed by atoms with Crippen molar-refractivity contribution in [3.8, 4) is 5.75 Å². The van der Waals surface area contributed by atoms with Crippen LogP contribution in [0, 0.1) is 5.82 Å². The number of anilines is 2. The van der Waals surface area contributed by atoms with E-state index in [-0.39, 0.29) is 11.6 Å². The molecule has 0 N–H and O–H groups in total. The second-order valence-corrected chi connectivity index (χ2v) is 8.47. The highest BCUT2D eigenvalue weighted by molar-refractivity contribution is 7.98. The third-order valence-corrected chi connectivity index (χ3v) is 6.17. The van der Waals surface area contributed by atoms with Crippen LogP contribution in [0.1, 0.15) is 24.1 Å². The number of methoxy groups -OCH3 is 1. The van der Waals surface area contributed by atoms with Crippen molar-refractivity contribution >= 4 is 39.8 Å². The van der Waals surface area contributed by atoms with E-state index in [0.29, 0.717) is 28.4 Å². The summed E-state index contributed by atoms with van der Waals surface area (Å²) in [7, 11) is 1.62. The van der Waals surface area contributed by atoms with Crippen LogP contribution in [0.5, 0.6) is 5.75 Å². The topological polar surface area (TPSA) is 81.4 Å². The Balaban J connectivity index is 1.40. The van der Waals surface area contributed by atoms with Gasteiger partial charge in [-0.1, -0.05) is 36.0 Å². The van der Waals surface area contributed by atoms with E-state index in [1.807, 2.05) is 29.6 Å². The number of aromatic nitrogens is 3. The number of hydrogen-bond acceptors (Lipinski definition) is 8. The van der Waals surface area contributed by atoms with Crippen LogP contribution in [0.2, 0.25) is 0 Å². The van der Waals surface area contributed by atoms with Crippen LogP contribution >= 0.6 is 23.1 Å². The van der Waals surface area contributed by atoms with Gasteiger partial charge in [-0.25, -0.2) is 9.37 Å². The van der Waals surface area contributed by atoms with E-state index in [1.54, 1.807) is 25.3 Å². The summed E-state index contributed by atoms with van der Waals surface area (Å²) in [5, 5.41) is 10.8. The first-order valence-corrected chi connectivity index (χ1v) is 11.5. The van der Waals surface area contributed by atoms with E-state index in [4.69, 9.17) is 9.15 Å². The lowest BCUT2D eigenvalue weighted by molar-refractivity contribution is -0.115. The van der Waals surface area contributed by atoms with E-state index in [2.05, 4.69) is 15.2 Å². The zero-order valence-corrected chi connectivity index (χ0v) is 19.0. The van der Waals surface area contributed by atoms with E-state index in [1.165, 1.54) is 41.0 Å². The molecular weight excluding hydrogens is 451 g/mol. The maximum absolute atomic E-state index is 14.2.